The molecule has 3 N–H and O–H groups in total. The molecule has 15 heavy (non-hydrogen) atoms. The van der Waals surface area contributed by atoms with Gasteiger partial charge in [-0.2, -0.15) is 13.2 Å². The summed E-state index contributed by atoms with van der Waals surface area (Å²) in [5.74, 6) is -2.08. The number of carboxylic acids is 1. The van der Waals surface area contributed by atoms with Gasteiger partial charge in [0.05, 0.1) is 6.54 Å². The lowest BCUT2D eigenvalue weighted by Gasteiger charge is -2.10. The van der Waals surface area contributed by atoms with Crippen LogP contribution in [-0.4, -0.2) is 42.3 Å². The van der Waals surface area contributed by atoms with Gasteiger partial charge in [-0.1, -0.05) is 0 Å². The molecule has 0 aromatic heterocycles. The highest BCUT2D eigenvalue weighted by atomic mass is 19.4. The highest BCUT2D eigenvalue weighted by molar-refractivity contribution is 5.79. The molecule has 0 radical (unpaired) electrons. The molecule has 0 fully saturated rings. The second-order valence-electron chi connectivity index (χ2n) is 2.83. The lowest BCUT2D eigenvalue weighted by molar-refractivity contribution is -0.140. The molecular weight excluding hydrogens is 217 g/mol. The Morgan fingerprint density at radius 2 is 1.93 bits per heavy atom. The molecule has 0 heterocycles. The van der Waals surface area contributed by atoms with E-state index < -0.39 is 37.2 Å². The first kappa shape index (κ1) is 13.7. The maximum Gasteiger partial charge on any atom is 0.405 e. The molecule has 0 rings (SSSR count). The first-order valence-electron chi connectivity index (χ1n) is 4.02. The average Bonchev–Trinajstić information content (AvgIpc) is 2.09. The normalized spacial score (nSPS) is 13.3. The summed E-state index contributed by atoms with van der Waals surface area (Å²) < 4.78 is 34.8. The van der Waals surface area contributed by atoms with Crippen LogP contribution in [0.15, 0.2) is 0 Å². The molecule has 1 unspecified atom stereocenters. The standard InChI is InChI=1S/C7H11F3N2O3/c1-4(6(14)15)11-2-5(13)12-3-7(8,9)10/h4,11H,2-3H2,1H3,(H,12,13)(H,14,15). The fourth-order valence-corrected chi connectivity index (χ4v) is 0.594. The van der Waals surface area contributed by atoms with Gasteiger partial charge < -0.3 is 10.4 Å². The molecule has 1 amide bonds. The molecule has 0 aromatic carbocycles. The molecule has 0 aliphatic heterocycles. The van der Waals surface area contributed by atoms with Crippen molar-refractivity contribution in [2.75, 3.05) is 13.1 Å². The minimum Gasteiger partial charge on any atom is -0.480 e. The number of aliphatic carboxylic acids is 1. The van der Waals surface area contributed by atoms with Gasteiger partial charge in [-0.15, -0.1) is 0 Å². The van der Waals surface area contributed by atoms with Crippen LogP contribution in [0, 0.1) is 0 Å². The van der Waals surface area contributed by atoms with Gasteiger partial charge in [0.1, 0.15) is 12.6 Å². The van der Waals surface area contributed by atoms with E-state index in [1.165, 1.54) is 6.92 Å². The molecule has 1 atom stereocenters. The fraction of sp³-hybridized carbons (Fsp3) is 0.714. The van der Waals surface area contributed by atoms with Crippen molar-refractivity contribution in [1.82, 2.24) is 10.6 Å². The van der Waals surface area contributed by atoms with Gasteiger partial charge in [0.25, 0.3) is 0 Å². The van der Waals surface area contributed by atoms with Crippen LogP contribution in [-0.2, 0) is 9.59 Å². The summed E-state index contributed by atoms with van der Waals surface area (Å²) in [6.45, 7) is -0.613. The number of nitrogens with one attached hydrogen (secondary N) is 2. The van der Waals surface area contributed by atoms with Crippen molar-refractivity contribution in [2.24, 2.45) is 0 Å². The molecule has 0 saturated carbocycles. The highest BCUT2D eigenvalue weighted by Gasteiger charge is 2.27. The Morgan fingerprint density at radius 1 is 1.40 bits per heavy atom. The summed E-state index contributed by atoms with van der Waals surface area (Å²) in [4.78, 5) is 21.0. The van der Waals surface area contributed by atoms with Crippen molar-refractivity contribution in [1.29, 1.82) is 0 Å². The van der Waals surface area contributed by atoms with Gasteiger partial charge in [0.2, 0.25) is 5.91 Å². The summed E-state index contributed by atoms with van der Waals surface area (Å²) in [6.07, 6.45) is -4.46. The Bertz CT molecular complexity index is 242. The van der Waals surface area contributed by atoms with Crippen molar-refractivity contribution >= 4 is 11.9 Å². The Labute approximate surface area is 83.6 Å². The lowest BCUT2D eigenvalue weighted by Crippen LogP contribution is -2.43. The molecule has 0 aromatic rings. The molecule has 0 aliphatic carbocycles. The van der Waals surface area contributed by atoms with Crippen LogP contribution in [0.2, 0.25) is 0 Å². The van der Waals surface area contributed by atoms with E-state index in [4.69, 9.17) is 5.11 Å². The zero-order valence-corrected chi connectivity index (χ0v) is 7.89. The minimum atomic E-state index is -4.46. The van der Waals surface area contributed by atoms with E-state index in [2.05, 4.69) is 5.32 Å². The van der Waals surface area contributed by atoms with Gasteiger partial charge in [-0.3, -0.25) is 14.9 Å². The Balaban J connectivity index is 3.72. The van der Waals surface area contributed by atoms with E-state index in [1.54, 1.807) is 5.32 Å². The first-order valence-corrected chi connectivity index (χ1v) is 4.02. The monoisotopic (exact) mass is 228 g/mol. The molecule has 88 valence electrons. The van der Waals surface area contributed by atoms with E-state index in [0.29, 0.717) is 0 Å². The number of halogens is 3. The molecule has 0 aliphatic rings. The van der Waals surface area contributed by atoms with E-state index in [-0.39, 0.29) is 0 Å². The van der Waals surface area contributed by atoms with Gasteiger partial charge in [-0.25, -0.2) is 0 Å². The third kappa shape index (κ3) is 7.74. The number of hydrogen-bond donors (Lipinski definition) is 3. The minimum absolute atomic E-state index is 0.469. The molecule has 0 spiro atoms. The molecule has 0 saturated heterocycles. The van der Waals surface area contributed by atoms with Crippen molar-refractivity contribution in [3.63, 3.8) is 0 Å². The number of rotatable bonds is 5. The number of carbonyl (C=O) groups excluding carboxylic acids is 1. The Kier molecular flexibility index (Phi) is 5.06. The van der Waals surface area contributed by atoms with Crippen molar-refractivity contribution < 1.29 is 27.9 Å². The molecule has 0 bridgehead atoms. The molecular formula is C7H11F3N2O3. The third-order valence-electron chi connectivity index (χ3n) is 1.43. The highest BCUT2D eigenvalue weighted by Crippen LogP contribution is 2.11. The van der Waals surface area contributed by atoms with Crippen LogP contribution in [0.25, 0.3) is 0 Å². The van der Waals surface area contributed by atoms with Gasteiger partial charge >= 0.3 is 12.1 Å². The van der Waals surface area contributed by atoms with Gasteiger partial charge in [0, 0.05) is 0 Å². The van der Waals surface area contributed by atoms with E-state index in [0.717, 1.165) is 0 Å². The summed E-state index contributed by atoms with van der Waals surface area (Å²) >= 11 is 0. The number of hydrogen-bond acceptors (Lipinski definition) is 3. The lowest BCUT2D eigenvalue weighted by atomic mass is 10.3. The van der Waals surface area contributed by atoms with Crippen LogP contribution in [0.3, 0.4) is 0 Å². The molecule has 8 heteroatoms. The average molecular weight is 228 g/mol. The number of alkyl halides is 3. The zero-order valence-electron chi connectivity index (χ0n) is 7.89. The summed E-state index contributed by atoms with van der Waals surface area (Å²) in [6, 6.07) is -0.985. The topological polar surface area (TPSA) is 78.4 Å². The Hall–Kier alpha value is -1.31. The fourth-order valence-electron chi connectivity index (χ4n) is 0.594. The smallest absolute Gasteiger partial charge is 0.405 e. The first-order chi connectivity index (χ1) is 6.72. The van der Waals surface area contributed by atoms with Crippen molar-refractivity contribution in [2.45, 2.75) is 19.1 Å². The number of amides is 1. The zero-order chi connectivity index (χ0) is 12.1. The summed E-state index contributed by atoms with van der Waals surface area (Å²) in [5.41, 5.74) is 0. The van der Waals surface area contributed by atoms with Crippen molar-refractivity contribution in [3.05, 3.63) is 0 Å². The van der Waals surface area contributed by atoms with Gasteiger partial charge in [-0.05, 0) is 6.92 Å². The van der Waals surface area contributed by atoms with E-state index >= 15 is 0 Å². The second kappa shape index (κ2) is 5.54. The maximum atomic E-state index is 11.6. The van der Waals surface area contributed by atoms with Crippen LogP contribution in [0.1, 0.15) is 6.92 Å². The van der Waals surface area contributed by atoms with Crippen molar-refractivity contribution in [3.8, 4) is 0 Å². The Morgan fingerprint density at radius 3 is 2.33 bits per heavy atom. The summed E-state index contributed by atoms with van der Waals surface area (Å²) in [5, 5.41) is 12.2. The van der Waals surface area contributed by atoms with Crippen LogP contribution in [0.4, 0.5) is 13.2 Å². The predicted molar refractivity (Wildman–Crippen MR) is 44.2 cm³/mol. The number of carbonyl (C=O) groups is 2. The second-order valence-corrected chi connectivity index (χ2v) is 2.83. The van der Waals surface area contributed by atoms with E-state index in [1.807, 2.05) is 0 Å². The van der Waals surface area contributed by atoms with Gasteiger partial charge in [0.15, 0.2) is 0 Å². The van der Waals surface area contributed by atoms with Crippen LogP contribution in [0.5, 0.6) is 0 Å². The van der Waals surface area contributed by atoms with Crippen LogP contribution < -0.4 is 10.6 Å². The maximum absolute atomic E-state index is 11.6. The predicted octanol–water partition coefficient (Wildman–Crippen LogP) is -0.272. The van der Waals surface area contributed by atoms with Crippen LogP contribution >= 0.6 is 0 Å². The van der Waals surface area contributed by atoms with E-state index in [9.17, 15) is 22.8 Å². The number of carboxylic acid groups (broad SMARTS) is 1. The third-order valence-corrected chi connectivity index (χ3v) is 1.43. The SMILES string of the molecule is CC(NCC(=O)NCC(F)(F)F)C(=O)O. The molecule has 5 nitrogen and oxygen atoms in total. The quantitative estimate of drug-likeness (QED) is 0.605. The largest absolute Gasteiger partial charge is 0.480 e. The summed E-state index contributed by atoms with van der Waals surface area (Å²) in [7, 11) is 0.